The highest BCUT2D eigenvalue weighted by Gasteiger charge is 2.67. The van der Waals surface area contributed by atoms with Crippen molar-refractivity contribution >= 4 is 18.0 Å². The highest BCUT2D eigenvalue weighted by molar-refractivity contribution is 6.01. The van der Waals surface area contributed by atoms with Gasteiger partial charge in [0.05, 0.1) is 11.5 Å². The van der Waals surface area contributed by atoms with E-state index in [1.165, 1.54) is 0 Å². The van der Waals surface area contributed by atoms with E-state index in [-0.39, 0.29) is 28.4 Å². The lowest BCUT2D eigenvalue weighted by atomic mass is 9.43. The van der Waals surface area contributed by atoms with Crippen LogP contribution in [0.5, 0.6) is 0 Å². The molecular formula is C25H34O5. The van der Waals surface area contributed by atoms with E-state index in [1.54, 1.807) is 19.9 Å². The molecule has 30 heavy (non-hydrogen) atoms. The van der Waals surface area contributed by atoms with E-state index in [0.717, 1.165) is 30.3 Å². The van der Waals surface area contributed by atoms with Crippen molar-refractivity contribution in [3.8, 4) is 0 Å². The smallest absolute Gasteiger partial charge is 0.312 e. The lowest BCUT2D eigenvalue weighted by Crippen LogP contribution is -2.61. The molecule has 3 fully saturated rings. The zero-order chi connectivity index (χ0) is 22.5. The van der Waals surface area contributed by atoms with Crippen LogP contribution in [0, 0.1) is 28.1 Å². The normalized spacial score (nSPS) is 43.3. The van der Waals surface area contributed by atoms with Gasteiger partial charge in [-0.1, -0.05) is 32.1 Å². The topological polar surface area (TPSA) is 91.7 Å². The first-order chi connectivity index (χ1) is 13.9. The van der Waals surface area contributed by atoms with Crippen LogP contribution >= 0.6 is 0 Å². The molecule has 5 nitrogen and oxygen atoms in total. The highest BCUT2D eigenvalue weighted by Crippen LogP contribution is 2.69. The molecule has 3 aliphatic rings. The molecule has 6 atom stereocenters. The summed E-state index contributed by atoms with van der Waals surface area (Å²) in [6.07, 6.45) is 8.41. The van der Waals surface area contributed by atoms with Crippen LogP contribution in [0.3, 0.4) is 0 Å². The molecule has 0 heterocycles. The first-order valence-corrected chi connectivity index (χ1v) is 10.9. The second kappa shape index (κ2) is 7.60. The summed E-state index contributed by atoms with van der Waals surface area (Å²) in [5.41, 5.74) is 0.585. The van der Waals surface area contributed by atoms with Gasteiger partial charge in [0.15, 0.2) is 5.78 Å². The molecule has 0 radical (unpaired) electrons. The molecule has 164 valence electrons. The minimum Gasteiger partial charge on any atom is -0.481 e. The van der Waals surface area contributed by atoms with Crippen molar-refractivity contribution in [2.45, 2.75) is 72.8 Å². The Kier molecular flexibility index (Phi) is 5.74. The SMILES string of the molecule is CC(C=O)=CC=CC(C)=C1C(=O)CC2C1(C)CCC1C2(C)CCC(O)C1(C)C(=O)O. The second-order valence-corrected chi connectivity index (χ2v) is 10.3. The number of ketones is 1. The number of aliphatic hydroxyl groups is 1. The summed E-state index contributed by atoms with van der Waals surface area (Å²) in [5.74, 6) is -0.893. The summed E-state index contributed by atoms with van der Waals surface area (Å²) in [4.78, 5) is 36.2. The quantitative estimate of drug-likeness (QED) is 0.407. The number of allylic oxidation sites excluding steroid dienone is 6. The fourth-order valence-corrected chi connectivity index (χ4v) is 7.02. The van der Waals surface area contributed by atoms with Crippen LogP contribution < -0.4 is 0 Å². The van der Waals surface area contributed by atoms with Gasteiger partial charge >= 0.3 is 5.97 Å². The first-order valence-electron chi connectivity index (χ1n) is 10.9. The highest BCUT2D eigenvalue weighted by atomic mass is 16.4. The van der Waals surface area contributed by atoms with Crippen LogP contribution in [-0.2, 0) is 14.4 Å². The van der Waals surface area contributed by atoms with E-state index >= 15 is 0 Å². The number of carbonyl (C=O) groups is 3. The molecule has 0 saturated heterocycles. The Morgan fingerprint density at radius 2 is 1.77 bits per heavy atom. The zero-order valence-electron chi connectivity index (χ0n) is 18.7. The average molecular weight is 415 g/mol. The van der Waals surface area contributed by atoms with Gasteiger partial charge in [0.1, 0.15) is 6.29 Å². The molecule has 3 rings (SSSR count). The maximum Gasteiger partial charge on any atom is 0.312 e. The summed E-state index contributed by atoms with van der Waals surface area (Å²) >= 11 is 0. The van der Waals surface area contributed by atoms with Gasteiger partial charge in [-0.25, -0.2) is 0 Å². The van der Waals surface area contributed by atoms with E-state index < -0.39 is 17.5 Å². The largest absolute Gasteiger partial charge is 0.481 e. The Bertz CT molecular complexity index is 865. The van der Waals surface area contributed by atoms with Crippen molar-refractivity contribution in [3.63, 3.8) is 0 Å². The predicted molar refractivity (Wildman–Crippen MR) is 115 cm³/mol. The molecular weight excluding hydrogens is 380 g/mol. The molecule has 5 heteroatoms. The van der Waals surface area contributed by atoms with Gasteiger partial charge in [-0.15, -0.1) is 0 Å². The summed E-state index contributed by atoms with van der Waals surface area (Å²) < 4.78 is 0. The molecule has 0 amide bonds. The van der Waals surface area contributed by atoms with Crippen molar-refractivity contribution < 1.29 is 24.6 Å². The van der Waals surface area contributed by atoms with E-state index in [9.17, 15) is 24.6 Å². The molecule has 3 aliphatic carbocycles. The number of hydrogen-bond donors (Lipinski definition) is 2. The zero-order valence-corrected chi connectivity index (χ0v) is 18.7. The number of Topliss-reactive ketones (excluding diaryl/α,β-unsaturated/α-hetero) is 1. The summed E-state index contributed by atoms with van der Waals surface area (Å²) in [6.45, 7) is 9.67. The van der Waals surface area contributed by atoms with Crippen molar-refractivity contribution in [1.29, 1.82) is 0 Å². The molecule has 0 aromatic carbocycles. The number of carbonyl (C=O) groups excluding carboxylic acids is 2. The minimum atomic E-state index is -1.18. The van der Waals surface area contributed by atoms with Gasteiger partial charge in [-0.3, -0.25) is 14.4 Å². The number of carboxylic acid groups (broad SMARTS) is 1. The summed E-state index contributed by atoms with van der Waals surface area (Å²) in [6, 6.07) is 0. The lowest BCUT2D eigenvalue weighted by molar-refractivity contribution is -0.194. The number of hydrogen-bond acceptors (Lipinski definition) is 4. The minimum absolute atomic E-state index is 0.0630. The number of rotatable bonds is 4. The van der Waals surface area contributed by atoms with Crippen molar-refractivity contribution in [3.05, 3.63) is 34.9 Å². The van der Waals surface area contributed by atoms with Gasteiger partial charge in [0.2, 0.25) is 0 Å². The Morgan fingerprint density at radius 3 is 2.37 bits per heavy atom. The molecule has 0 spiro atoms. The van der Waals surface area contributed by atoms with Crippen molar-refractivity contribution in [2.75, 3.05) is 0 Å². The Morgan fingerprint density at radius 1 is 1.10 bits per heavy atom. The number of aliphatic carboxylic acids is 1. The molecule has 3 saturated carbocycles. The molecule has 0 aromatic rings. The molecule has 6 unspecified atom stereocenters. The molecule has 0 aliphatic heterocycles. The number of aliphatic hydroxyl groups excluding tert-OH is 1. The number of aldehydes is 1. The molecule has 0 bridgehead atoms. The standard InChI is InChI=1S/C25H34O5/c1-15(14-26)7-6-8-16(2)21-17(27)13-19-23(3)12-10-20(28)25(5,22(29)30)18(23)9-11-24(19,21)4/h6-8,14,18-20,28H,9-13H2,1-5H3,(H,29,30). The van der Waals surface area contributed by atoms with Crippen LogP contribution in [0.25, 0.3) is 0 Å². The van der Waals surface area contributed by atoms with Crippen LogP contribution in [-0.4, -0.2) is 34.4 Å². The van der Waals surface area contributed by atoms with Crippen molar-refractivity contribution in [1.82, 2.24) is 0 Å². The third kappa shape index (κ3) is 3.13. The fraction of sp³-hybridized carbons (Fsp3) is 0.640. The molecule has 2 N–H and O–H groups in total. The van der Waals surface area contributed by atoms with E-state index in [4.69, 9.17) is 0 Å². The maximum atomic E-state index is 13.2. The third-order valence-electron chi connectivity index (χ3n) is 8.67. The van der Waals surface area contributed by atoms with Gasteiger partial charge in [-0.2, -0.15) is 0 Å². The van der Waals surface area contributed by atoms with Gasteiger partial charge in [0.25, 0.3) is 0 Å². The Hall–Kier alpha value is -2.01. The lowest BCUT2D eigenvalue weighted by Gasteiger charge is -2.61. The monoisotopic (exact) mass is 414 g/mol. The van der Waals surface area contributed by atoms with Gasteiger partial charge in [0, 0.05) is 17.4 Å². The van der Waals surface area contributed by atoms with E-state index in [0.29, 0.717) is 24.8 Å². The van der Waals surface area contributed by atoms with Gasteiger partial charge in [-0.05, 0) is 74.9 Å². The summed E-state index contributed by atoms with van der Waals surface area (Å²) in [5, 5.41) is 20.6. The predicted octanol–water partition coefficient (Wildman–Crippen LogP) is 4.26. The second-order valence-electron chi connectivity index (χ2n) is 10.3. The first kappa shape index (κ1) is 22.7. The van der Waals surface area contributed by atoms with Crippen LogP contribution in [0.4, 0.5) is 0 Å². The fourth-order valence-electron chi connectivity index (χ4n) is 7.02. The Balaban J connectivity index is 2.04. The van der Waals surface area contributed by atoms with Crippen LogP contribution in [0.2, 0.25) is 0 Å². The average Bonchev–Trinajstić information content (AvgIpc) is 2.96. The van der Waals surface area contributed by atoms with Crippen LogP contribution in [0.1, 0.15) is 66.7 Å². The third-order valence-corrected chi connectivity index (χ3v) is 8.67. The van der Waals surface area contributed by atoms with Crippen molar-refractivity contribution in [2.24, 2.45) is 28.1 Å². The maximum absolute atomic E-state index is 13.2. The number of fused-ring (bicyclic) bond motifs is 3. The Labute approximate surface area is 178 Å². The molecule has 0 aromatic heterocycles. The van der Waals surface area contributed by atoms with Crippen LogP contribution in [0.15, 0.2) is 34.9 Å². The summed E-state index contributed by atoms with van der Waals surface area (Å²) in [7, 11) is 0. The number of carboxylic acids is 1. The van der Waals surface area contributed by atoms with E-state index in [2.05, 4.69) is 13.8 Å². The van der Waals surface area contributed by atoms with Gasteiger partial charge < -0.3 is 10.2 Å². The van der Waals surface area contributed by atoms with E-state index in [1.807, 2.05) is 19.1 Å².